The maximum absolute atomic E-state index is 12.8. The van der Waals surface area contributed by atoms with E-state index in [4.69, 9.17) is 0 Å². The van der Waals surface area contributed by atoms with E-state index in [2.05, 4.69) is 36.2 Å². The molecule has 0 aliphatic rings. The Kier molecular flexibility index (Phi) is 4.79. The molecule has 3 rings (SSSR count). The summed E-state index contributed by atoms with van der Waals surface area (Å²) in [6, 6.07) is 14.1. The second-order valence-electron chi connectivity index (χ2n) is 6.30. The number of nitrogens with zero attached hydrogens (tertiary/aromatic N) is 2. The van der Waals surface area contributed by atoms with Crippen LogP contribution in [-0.2, 0) is 7.05 Å². The molecule has 0 spiro atoms. The molecule has 0 bridgehead atoms. The molecule has 3 aromatic rings. The van der Waals surface area contributed by atoms with Crippen molar-refractivity contribution in [2.45, 2.75) is 20.8 Å². The number of aryl methyl sites for hydroxylation is 2. The van der Waals surface area contributed by atoms with Gasteiger partial charge in [0.05, 0.1) is 5.56 Å². The summed E-state index contributed by atoms with van der Waals surface area (Å²) < 4.78 is 1.99. The molecule has 1 aromatic heterocycles. The lowest BCUT2D eigenvalue weighted by atomic mass is 10.1. The van der Waals surface area contributed by atoms with Gasteiger partial charge in [-0.3, -0.25) is 4.79 Å². The van der Waals surface area contributed by atoms with Gasteiger partial charge in [-0.2, -0.15) is 0 Å². The van der Waals surface area contributed by atoms with Gasteiger partial charge in [-0.15, -0.1) is 0 Å². The minimum atomic E-state index is -0.0736. The van der Waals surface area contributed by atoms with Crippen LogP contribution in [0.4, 0.5) is 11.4 Å². The Morgan fingerprint density at radius 3 is 2.52 bits per heavy atom. The second-order valence-corrected chi connectivity index (χ2v) is 6.30. The number of amides is 1. The quantitative estimate of drug-likeness (QED) is 0.741. The zero-order valence-corrected chi connectivity index (χ0v) is 15.3. The van der Waals surface area contributed by atoms with Crippen LogP contribution in [0.25, 0.3) is 10.9 Å². The van der Waals surface area contributed by atoms with Crippen LogP contribution in [-0.4, -0.2) is 23.6 Å². The minimum absolute atomic E-state index is 0.0736. The number of aromatic nitrogens is 1. The van der Waals surface area contributed by atoms with Crippen LogP contribution in [0.3, 0.4) is 0 Å². The van der Waals surface area contributed by atoms with Gasteiger partial charge in [0.2, 0.25) is 0 Å². The highest BCUT2D eigenvalue weighted by atomic mass is 16.1. The van der Waals surface area contributed by atoms with Gasteiger partial charge in [-0.1, -0.05) is 18.2 Å². The molecule has 0 radical (unpaired) electrons. The first-order valence-corrected chi connectivity index (χ1v) is 8.76. The second kappa shape index (κ2) is 7.01. The highest BCUT2D eigenvalue weighted by molar-refractivity contribution is 6.13. The lowest BCUT2D eigenvalue weighted by molar-refractivity contribution is 0.102. The summed E-state index contributed by atoms with van der Waals surface area (Å²) >= 11 is 0. The first-order chi connectivity index (χ1) is 12.0. The van der Waals surface area contributed by atoms with Gasteiger partial charge in [-0.05, 0) is 50.6 Å². The summed E-state index contributed by atoms with van der Waals surface area (Å²) in [7, 11) is 1.96. The Bertz CT molecular complexity index is 907. The average molecular weight is 335 g/mol. The minimum Gasteiger partial charge on any atom is -0.372 e. The van der Waals surface area contributed by atoms with Gasteiger partial charge in [0.25, 0.3) is 5.91 Å². The van der Waals surface area contributed by atoms with Crippen molar-refractivity contribution in [3.05, 3.63) is 59.8 Å². The number of hydrogen-bond donors (Lipinski definition) is 1. The number of nitrogens with one attached hydrogen (secondary N) is 1. The molecule has 2 aromatic carbocycles. The zero-order chi connectivity index (χ0) is 18.0. The Hall–Kier alpha value is -2.75. The van der Waals surface area contributed by atoms with E-state index in [1.807, 2.05) is 55.1 Å². The standard InChI is InChI=1S/C21H25N3O/c1-5-24(6-2)16-11-12-19(15(3)13-16)22-21(25)18-14-23(4)20-10-8-7-9-17(18)20/h7-14H,5-6H2,1-4H3,(H,22,25). The summed E-state index contributed by atoms with van der Waals surface area (Å²) in [5.74, 6) is -0.0736. The summed E-state index contributed by atoms with van der Waals surface area (Å²) in [4.78, 5) is 15.1. The van der Waals surface area contributed by atoms with Crippen LogP contribution in [0.1, 0.15) is 29.8 Å². The summed E-state index contributed by atoms with van der Waals surface area (Å²) in [6.45, 7) is 8.27. The Morgan fingerprint density at radius 2 is 1.84 bits per heavy atom. The lowest BCUT2D eigenvalue weighted by Crippen LogP contribution is -2.22. The number of rotatable bonds is 5. The lowest BCUT2D eigenvalue weighted by Gasteiger charge is -2.22. The highest BCUT2D eigenvalue weighted by Crippen LogP contribution is 2.25. The van der Waals surface area contributed by atoms with Gasteiger partial charge >= 0.3 is 0 Å². The van der Waals surface area contributed by atoms with Crippen LogP contribution in [0.15, 0.2) is 48.7 Å². The van der Waals surface area contributed by atoms with Gasteiger partial charge in [0.15, 0.2) is 0 Å². The van der Waals surface area contributed by atoms with Crippen LogP contribution < -0.4 is 10.2 Å². The molecule has 4 heteroatoms. The normalized spacial score (nSPS) is 10.9. The highest BCUT2D eigenvalue weighted by Gasteiger charge is 2.15. The molecule has 130 valence electrons. The van der Waals surface area contributed by atoms with E-state index in [0.29, 0.717) is 5.56 Å². The van der Waals surface area contributed by atoms with Crippen molar-refractivity contribution < 1.29 is 4.79 Å². The summed E-state index contributed by atoms with van der Waals surface area (Å²) in [5, 5.41) is 4.04. The van der Waals surface area contributed by atoms with E-state index in [-0.39, 0.29) is 5.91 Å². The number of hydrogen-bond acceptors (Lipinski definition) is 2. The topological polar surface area (TPSA) is 37.3 Å². The predicted molar refractivity (Wildman–Crippen MR) is 106 cm³/mol. The molecule has 1 N–H and O–H groups in total. The number of para-hydroxylation sites is 1. The first kappa shape index (κ1) is 17.1. The summed E-state index contributed by atoms with van der Waals surface area (Å²) in [6.07, 6.45) is 1.89. The number of carbonyl (C=O) groups is 1. The third-order valence-electron chi connectivity index (χ3n) is 4.73. The molecule has 0 unspecified atom stereocenters. The largest absolute Gasteiger partial charge is 0.372 e. The Balaban J connectivity index is 1.88. The van der Waals surface area contributed by atoms with Crippen molar-refractivity contribution in [3.63, 3.8) is 0 Å². The molecule has 4 nitrogen and oxygen atoms in total. The molecular formula is C21H25N3O. The van der Waals surface area contributed by atoms with E-state index in [1.54, 1.807) is 0 Å². The maximum atomic E-state index is 12.8. The molecule has 0 atom stereocenters. The van der Waals surface area contributed by atoms with Crippen molar-refractivity contribution >= 4 is 28.2 Å². The van der Waals surface area contributed by atoms with E-state index < -0.39 is 0 Å². The fourth-order valence-electron chi connectivity index (χ4n) is 3.29. The molecule has 0 saturated carbocycles. The van der Waals surface area contributed by atoms with Gasteiger partial charge in [0, 0.05) is 48.6 Å². The zero-order valence-electron chi connectivity index (χ0n) is 15.3. The molecule has 0 aliphatic carbocycles. The van der Waals surface area contributed by atoms with Crippen LogP contribution >= 0.6 is 0 Å². The van der Waals surface area contributed by atoms with Crippen molar-refractivity contribution in [1.82, 2.24) is 4.57 Å². The number of fused-ring (bicyclic) bond motifs is 1. The third kappa shape index (κ3) is 3.25. The molecule has 0 fully saturated rings. The van der Waals surface area contributed by atoms with Gasteiger partial charge < -0.3 is 14.8 Å². The van der Waals surface area contributed by atoms with Gasteiger partial charge in [0.1, 0.15) is 0 Å². The fourth-order valence-corrected chi connectivity index (χ4v) is 3.29. The number of anilines is 2. The van der Waals surface area contributed by atoms with Crippen LogP contribution in [0, 0.1) is 6.92 Å². The van der Waals surface area contributed by atoms with Crippen molar-refractivity contribution in [3.8, 4) is 0 Å². The van der Waals surface area contributed by atoms with E-state index >= 15 is 0 Å². The Morgan fingerprint density at radius 1 is 1.12 bits per heavy atom. The van der Waals surface area contributed by atoms with Gasteiger partial charge in [-0.25, -0.2) is 0 Å². The van der Waals surface area contributed by atoms with E-state index in [0.717, 1.165) is 35.2 Å². The van der Waals surface area contributed by atoms with E-state index in [1.165, 1.54) is 5.69 Å². The number of carbonyl (C=O) groups excluding carboxylic acids is 1. The van der Waals surface area contributed by atoms with Crippen molar-refractivity contribution in [2.24, 2.45) is 7.05 Å². The predicted octanol–water partition coefficient (Wildman–Crippen LogP) is 4.59. The van der Waals surface area contributed by atoms with Crippen molar-refractivity contribution in [2.75, 3.05) is 23.3 Å². The fraction of sp³-hybridized carbons (Fsp3) is 0.286. The molecule has 25 heavy (non-hydrogen) atoms. The molecule has 1 heterocycles. The van der Waals surface area contributed by atoms with E-state index in [9.17, 15) is 4.79 Å². The smallest absolute Gasteiger partial charge is 0.257 e. The van der Waals surface area contributed by atoms with Crippen LogP contribution in [0.2, 0.25) is 0 Å². The maximum Gasteiger partial charge on any atom is 0.257 e. The molecule has 0 aliphatic heterocycles. The Labute approximate surface area is 149 Å². The summed E-state index contributed by atoms with van der Waals surface area (Å²) in [5.41, 5.74) is 4.86. The number of benzene rings is 2. The molecule has 1 amide bonds. The first-order valence-electron chi connectivity index (χ1n) is 8.76. The molecule has 0 saturated heterocycles. The third-order valence-corrected chi connectivity index (χ3v) is 4.73. The SMILES string of the molecule is CCN(CC)c1ccc(NC(=O)c2cn(C)c3ccccc23)c(C)c1. The monoisotopic (exact) mass is 335 g/mol. The van der Waals surface area contributed by atoms with Crippen LogP contribution in [0.5, 0.6) is 0 Å². The average Bonchev–Trinajstić information content (AvgIpc) is 2.96. The molecular weight excluding hydrogens is 310 g/mol. The van der Waals surface area contributed by atoms with Crippen molar-refractivity contribution in [1.29, 1.82) is 0 Å².